The number of aromatic nitrogens is 3. The molecule has 0 aliphatic carbocycles. The van der Waals surface area contributed by atoms with Crippen LogP contribution in [-0.2, 0) is 13.1 Å². The van der Waals surface area contributed by atoms with Gasteiger partial charge >= 0.3 is 5.97 Å². The second-order valence-electron chi connectivity index (χ2n) is 8.47. The predicted octanol–water partition coefficient (Wildman–Crippen LogP) is 4.71. The first-order valence-corrected chi connectivity index (χ1v) is 11.1. The fraction of sp³-hybridized carbons (Fsp3) is 0.269. The van der Waals surface area contributed by atoms with Crippen LogP contribution in [0.1, 0.15) is 28.8 Å². The average Bonchev–Trinajstić information content (AvgIpc) is 3.19. The molecule has 6 heteroatoms. The summed E-state index contributed by atoms with van der Waals surface area (Å²) in [4.78, 5) is 23.2. The zero-order chi connectivity index (χ0) is 21.9. The van der Waals surface area contributed by atoms with Gasteiger partial charge in [-0.25, -0.2) is 9.78 Å². The number of hydrogen-bond acceptors (Lipinski definition) is 4. The number of imidazole rings is 1. The van der Waals surface area contributed by atoms with Gasteiger partial charge in [-0.05, 0) is 61.7 Å². The van der Waals surface area contributed by atoms with Crippen LogP contribution in [0.15, 0.2) is 72.9 Å². The van der Waals surface area contributed by atoms with Gasteiger partial charge in [-0.2, -0.15) is 0 Å². The SMILES string of the molecule is O=C(O)c1ccnc(-c2nc3ccccc3n2CC2CCN(Cc3ccccc3)CC2)c1. The second-order valence-corrected chi connectivity index (χ2v) is 8.47. The number of rotatable bonds is 6. The van der Waals surface area contributed by atoms with Gasteiger partial charge in [-0.3, -0.25) is 9.88 Å². The number of para-hydroxylation sites is 2. The first-order valence-electron chi connectivity index (χ1n) is 11.1. The van der Waals surface area contributed by atoms with Gasteiger partial charge in [0, 0.05) is 19.3 Å². The smallest absolute Gasteiger partial charge is 0.335 e. The number of nitrogens with zero attached hydrogens (tertiary/aromatic N) is 4. The van der Waals surface area contributed by atoms with Crippen LogP contribution in [0.3, 0.4) is 0 Å². The summed E-state index contributed by atoms with van der Waals surface area (Å²) in [6.07, 6.45) is 3.80. The van der Waals surface area contributed by atoms with E-state index in [0.717, 1.165) is 55.9 Å². The van der Waals surface area contributed by atoms with E-state index in [4.69, 9.17) is 4.98 Å². The molecule has 0 unspecified atom stereocenters. The van der Waals surface area contributed by atoms with Gasteiger partial charge in [0.25, 0.3) is 0 Å². The number of piperidine rings is 1. The summed E-state index contributed by atoms with van der Waals surface area (Å²) >= 11 is 0. The Balaban J connectivity index is 1.37. The Kier molecular flexibility index (Phi) is 5.69. The third kappa shape index (κ3) is 4.27. The second kappa shape index (κ2) is 8.93. The van der Waals surface area contributed by atoms with Gasteiger partial charge in [0.2, 0.25) is 0 Å². The van der Waals surface area contributed by atoms with E-state index in [1.165, 1.54) is 11.6 Å². The molecular weight excluding hydrogens is 400 g/mol. The Morgan fingerprint density at radius 3 is 2.53 bits per heavy atom. The predicted molar refractivity (Wildman–Crippen MR) is 124 cm³/mol. The quantitative estimate of drug-likeness (QED) is 0.484. The zero-order valence-electron chi connectivity index (χ0n) is 17.9. The number of hydrogen-bond donors (Lipinski definition) is 1. The first kappa shape index (κ1) is 20.4. The Hall–Kier alpha value is -3.51. The van der Waals surface area contributed by atoms with E-state index in [9.17, 15) is 9.90 Å². The largest absolute Gasteiger partial charge is 0.478 e. The molecule has 3 heterocycles. The topological polar surface area (TPSA) is 71.2 Å². The molecule has 4 aromatic rings. The molecule has 32 heavy (non-hydrogen) atoms. The lowest BCUT2D eigenvalue weighted by atomic mass is 9.96. The summed E-state index contributed by atoms with van der Waals surface area (Å²) in [5, 5.41) is 9.40. The number of fused-ring (bicyclic) bond motifs is 1. The Morgan fingerprint density at radius 1 is 1.00 bits per heavy atom. The summed E-state index contributed by atoms with van der Waals surface area (Å²) in [5.74, 6) is 0.323. The van der Waals surface area contributed by atoms with Gasteiger partial charge in [-0.15, -0.1) is 0 Å². The monoisotopic (exact) mass is 426 g/mol. The minimum Gasteiger partial charge on any atom is -0.478 e. The van der Waals surface area contributed by atoms with Crippen LogP contribution in [0, 0.1) is 5.92 Å². The highest BCUT2D eigenvalue weighted by molar-refractivity contribution is 5.89. The van der Waals surface area contributed by atoms with Crippen molar-refractivity contribution in [1.82, 2.24) is 19.4 Å². The van der Waals surface area contributed by atoms with Crippen molar-refractivity contribution in [3.63, 3.8) is 0 Å². The third-order valence-corrected chi connectivity index (χ3v) is 6.29. The highest BCUT2D eigenvalue weighted by atomic mass is 16.4. The summed E-state index contributed by atoms with van der Waals surface area (Å²) in [6.45, 7) is 4.01. The molecule has 0 bridgehead atoms. The van der Waals surface area contributed by atoms with Crippen molar-refractivity contribution in [3.8, 4) is 11.5 Å². The average molecular weight is 427 g/mol. The molecule has 0 spiro atoms. The van der Waals surface area contributed by atoms with Crippen molar-refractivity contribution in [2.24, 2.45) is 5.92 Å². The molecule has 2 aromatic heterocycles. The number of carbonyl (C=O) groups is 1. The maximum absolute atomic E-state index is 11.5. The molecule has 0 radical (unpaired) electrons. The number of benzene rings is 2. The van der Waals surface area contributed by atoms with E-state index < -0.39 is 5.97 Å². The lowest BCUT2D eigenvalue weighted by molar-refractivity contribution is 0.0697. The van der Waals surface area contributed by atoms with Crippen molar-refractivity contribution in [1.29, 1.82) is 0 Å². The van der Waals surface area contributed by atoms with Gasteiger partial charge < -0.3 is 9.67 Å². The fourth-order valence-corrected chi connectivity index (χ4v) is 4.57. The molecule has 0 amide bonds. The standard InChI is InChI=1S/C26H26N4O2/c31-26(32)21-10-13-27-23(16-21)25-28-22-8-4-5-9-24(22)30(25)18-20-11-14-29(15-12-20)17-19-6-2-1-3-7-19/h1-10,13,16,20H,11-12,14-15,17-18H2,(H,31,32). The minimum atomic E-state index is -0.956. The van der Waals surface area contributed by atoms with Crippen LogP contribution in [-0.4, -0.2) is 43.6 Å². The Labute approximate surface area is 187 Å². The number of carboxylic acid groups (broad SMARTS) is 1. The maximum atomic E-state index is 11.5. The van der Waals surface area contributed by atoms with Crippen molar-refractivity contribution < 1.29 is 9.90 Å². The summed E-state index contributed by atoms with van der Waals surface area (Å²) < 4.78 is 2.22. The number of aromatic carboxylic acids is 1. The number of pyridine rings is 1. The maximum Gasteiger partial charge on any atom is 0.335 e. The molecule has 2 aromatic carbocycles. The van der Waals surface area contributed by atoms with E-state index in [1.54, 1.807) is 12.3 Å². The van der Waals surface area contributed by atoms with Gasteiger partial charge in [0.15, 0.2) is 5.82 Å². The van der Waals surface area contributed by atoms with E-state index in [2.05, 4.69) is 50.8 Å². The first-order chi connectivity index (χ1) is 15.7. The summed E-state index contributed by atoms with van der Waals surface area (Å²) in [5.41, 5.74) is 4.16. The van der Waals surface area contributed by atoms with Crippen LogP contribution in [0.5, 0.6) is 0 Å². The molecule has 5 rings (SSSR count). The fourth-order valence-electron chi connectivity index (χ4n) is 4.57. The molecule has 1 fully saturated rings. The lowest BCUT2D eigenvalue weighted by Gasteiger charge is -2.32. The van der Waals surface area contributed by atoms with Crippen molar-refractivity contribution in [3.05, 3.63) is 84.1 Å². The lowest BCUT2D eigenvalue weighted by Crippen LogP contribution is -2.34. The molecule has 1 N–H and O–H groups in total. The molecule has 0 atom stereocenters. The van der Waals surface area contributed by atoms with Crippen LogP contribution < -0.4 is 0 Å². The molecule has 1 aliphatic rings. The minimum absolute atomic E-state index is 0.225. The van der Waals surface area contributed by atoms with Gasteiger partial charge in [0.05, 0.1) is 16.6 Å². The van der Waals surface area contributed by atoms with Crippen LogP contribution in [0.2, 0.25) is 0 Å². The molecule has 162 valence electrons. The zero-order valence-corrected chi connectivity index (χ0v) is 17.9. The van der Waals surface area contributed by atoms with Crippen LogP contribution in [0.4, 0.5) is 0 Å². The highest BCUT2D eigenvalue weighted by Crippen LogP contribution is 2.28. The summed E-state index contributed by atoms with van der Waals surface area (Å²) in [6, 6.07) is 21.8. The van der Waals surface area contributed by atoms with Crippen molar-refractivity contribution >= 4 is 17.0 Å². The Bertz CT molecular complexity index is 1230. The van der Waals surface area contributed by atoms with Gasteiger partial charge in [-0.1, -0.05) is 42.5 Å². The number of carboxylic acids is 1. The highest BCUT2D eigenvalue weighted by Gasteiger charge is 2.23. The van der Waals surface area contributed by atoms with E-state index in [0.29, 0.717) is 11.6 Å². The van der Waals surface area contributed by atoms with E-state index in [1.807, 2.05) is 18.2 Å². The summed E-state index contributed by atoms with van der Waals surface area (Å²) in [7, 11) is 0. The molecular formula is C26H26N4O2. The molecule has 6 nitrogen and oxygen atoms in total. The molecule has 0 saturated carbocycles. The van der Waals surface area contributed by atoms with Crippen molar-refractivity contribution in [2.75, 3.05) is 13.1 Å². The number of likely N-dealkylation sites (tertiary alicyclic amines) is 1. The van der Waals surface area contributed by atoms with E-state index >= 15 is 0 Å². The molecule has 1 aliphatic heterocycles. The normalized spacial score (nSPS) is 15.2. The van der Waals surface area contributed by atoms with Crippen LogP contribution in [0.25, 0.3) is 22.6 Å². The molecule has 1 saturated heterocycles. The van der Waals surface area contributed by atoms with Crippen molar-refractivity contribution in [2.45, 2.75) is 25.9 Å². The van der Waals surface area contributed by atoms with Crippen LogP contribution >= 0.6 is 0 Å². The third-order valence-electron chi connectivity index (χ3n) is 6.29. The van der Waals surface area contributed by atoms with Gasteiger partial charge in [0.1, 0.15) is 5.69 Å². The Morgan fingerprint density at radius 2 is 1.75 bits per heavy atom. The van der Waals surface area contributed by atoms with E-state index in [-0.39, 0.29) is 5.56 Å².